The van der Waals surface area contributed by atoms with E-state index in [1.165, 1.54) is 0 Å². The molecule has 0 fully saturated rings. The molecule has 0 radical (unpaired) electrons. The van der Waals surface area contributed by atoms with Gasteiger partial charge < -0.3 is 19.3 Å². The topological polar surface area (TPSA) is 69.0 Å². The van der Waals surface area contributed by atoms with Crippen LogP contribution in [0.25, 0.3) is 11.3 Å². The lowest BCUT2D eigenvalue weighted by atomic mass is 10.1. The molecule has 0 aliphatic heterocycles. The van der Waals surface area contributed by atoms with Crippen molar-refractivity contribution in [2.75, 3.05) is 26.8 Å². The first kappa shape index (κ1) is 26.7. The summed E-state index contributed by atoms with van der Waals surface area (Å²) in [6, 6.07) is 17.7. The van der Waals surface area contributed by atoms with Gasteiger partial charge in [0.05, 0.1) is 31.0 Å². The Morgan fingerprint density at radius 1 is 1.03 bits per heavy atom. The molecular formula is C28H39N3O4. The summed E-state index contributed by atoms with van der Waals surface area (Å²) >= 11 is 0. The van der Waals surface area contributed by atoms with Crippen LogP contribution in [0.15, 0.2) is 54.6 Å². The van der Waals surface area contributed by atoms with Gasteiger partial charge in [0.15, 0.2) is 11.5 Å². The third-order valence-electron chi connectivity index (χ3n) is 5.51. The Morgan fingerprint density at radius 3 is 2.31 bits per heavy atom. The van der Waals surface area contributed by atoms with E-state index in [-0.39, 0.29) is 12.2 Å². The Balaban J connectivity index is 1.95. The number of aromatic nitrogens is 2. The SMILES string of the molecule is CCCN(Cc1c(-c2ccccc2)nn(C)c1Oc1ccccc1OC)CC(O)COC(C)(C)C. The Hall–Kier alpha value is -2.87. The fourth-order valence-corrected chi connectivity index (χ4v) is 3.93. The highest BCUT2D eigenvalue weighted by molar-refractivity contribution is 5.65. The average molecular weight is 482 g/mol. The van der Waals surface area contributed by atoms with Crippen molar-refractivity contribution in [1.29, 1.82) is 0 Å². The summed E-state index contributed by atoms with van der Waals surface area (Å²) in [7, 11) is 3.52. The van der Waals surface area contributed by atoms with E-state index in [1.54, 1.807) is 11.8 Å². The highest BCUT2D eigenvalue weighted by atomic mass is 16.5. The number of aliphatic hydroxyl groups is 1. The van der Waals surface area contributed by atoms with Crippen LogP contribution in [0.1, 0.15) is 39.7 Å². The molecule has 1 heterocycles. The third-order valence-corrected chi connectivity index (χ3v) is 5.51. The van der Waals surface area contributed by atoms with Crippen molar-refractivity contribution >= 4 is 0 Å². The highest BCUT2D eigenvalue weighted by Crippen LogP contribution is 2.37. The molecule has 0 saturated carbocycles. The minimum Gasteiger partial charge on any atom is -0.493 e. The molecule has 0 aliphatic carbocycles. The van der Waals surface area contributed by atoms with Gasteiger partial charge in [-0.2, -0.15) is 5.10 Å². The molecule has 7 nitrogen and oxygen atoms in total. The second kappa shape index (κ2) is 12.2. The summed E-state index contributed by atoms with van der Waals surface area (Å²) in [5.74, 6) is 1.93. The Kier molecular flexibility index (Phi) is 9.32. The van der Waals surface area contributed by atoms with Crippen LogP contribution < -0.4 is 9.47 Å². The van der Waals surface area contributed by atoms with Gasteiger partial charge in [-0.15, -0.1) is 0 Å². The average Bonchev–Trinajstić information content (AvgIpc) is 3.13. The van der Waals surface area contributed by atoms with E-state index in [9.17, 15) is 5.11 Å². The predicted molar refractivity (Wildman–Crippen MR) is 139 cm³/mol. The maximum atomic E-state index is 10.7. The molecule has 1 unspecified atom stereocenters. The van der Waals surface area contributed by atoms with Crippen molar-refractivity contribution < 1.29 is 19.3 Å². The maximum absolute atomic E-state index is 10.7. The highest BCUT2D eigenvalue weighted by Gasteiger charge is 2.24. The molecule has 3 rings (SSSR count). The monoisotopic (exact) mass is 481 g/mol. The molecule has 0 saturated heterocycles. The van der Waals surface area contributed by atoms with E-state index < -0.39 is 6.10 Å². The molecular weight excluding hydrogens is 442 g/mol. The molecule has 0 spiro atoms. The number of nitrogens with zero attached hydrogens (tertiary/aromatic N) is 3. The minimum atomic E-state index is -0.601. The van der Waals surface area contributed by atoms with Gasteiger partial charge in [0.2, 0.25) is 5.88 Å². The van der Waals surface area contributed by atoms with Gasteiger partial charge in [0, 0.05) is 25.7 Å². The van der Waals surface area contributed by atoms with Crippen molar-refractivity contribution in [3.05, 3.63) is 60.2 Å². The maximum Gasteiger partial charge on any atom is 0.222 e. The number of hydrogen-bond acceptors (Lipinski definition) is 6. The van der Waals surface area contributed by atoms with Gasteiger partial charge in [-0.3, -0.25) is 4.90 Å². The molecule has 1 atom stereocenters. The first-order valence-corrected chi connectivity index (χ1v) is 12.2. The summed E-state index contributed by atoms with van der Waals surface area (Å²) in [6.45, 7) is 10.3. The number of benzene rings is 2. The first-order valence-electron chi connectivity index (χ1n) is 12.2. The summed E-state index contributed by atoms with van der Waals surface area (Å²) in [5, 5.41) is 15.5. The fraction of sp³-hybridized carbons (Fsp3) is 0.464. The largest absolute Gasteiger partial charge is 0.493 e. The molecule has 190 valence electrons. The predicted octanol–water partition coefficient (Wildman–Crippen LogP) is 5.28. The van der Waals surface area contributed by atoms with E-state index >= 15 is 0 Å². The lowest BCUT2D eigenvalue weighted by Crippen LogP contribution is -2.37. The smallest absolute Gasteiger partial charge is 0.222 e. The molecule has 3 aromatic rings. The van der Waals surface area contributed by atoms with E-state index in [1.807, 2.05) is 70.3 Å². The third kappa shape index (κ3) is 7.56. The number of methoxy groups -OCH3 is 1. The van der Waals surface area contributed by atoms with Crippen LogP contribution in [0.2, 0.25) is 0 Å². The Labute approximate surface area is 209 Å². The van der Waals surface area contributed by atoms with Gasteiger partial charge in [-0.05, 0) is 45.9 Å². The van der Waals surface area contributed by atoms with E-state index in [0.29, 0.717) is 30.5 Å². The van der Waals surface area contributed by atoms with Crippen molar-refractivity contribution in [1.82, 2.24) is 14.7 Å². The number of rotatable bonds is 12. The number of aryl methyl sites for hydroxylation is 1. The van der Waals surface area contributed by atoms with Crippen molar-refractivity contribution in [2.45, 2.75) is 52.4 Å². The molecule has 35 heavy (non-hydrogen) atoms. The lowest BCUT2D eigenvalue weighted by Gasteiger charge is -2.27. The zero-order chi connectivity index (χ0) is 25.4. The normalized spacial score (nSPS) is 12.7. The standard InChI is InChI=1S/C28H39N3O4/c1-7-17-31(18-22(32)20-34-28(2,3)4)19-23-26(21-13-9-8-10-14-21)29-30(5)27(23)35-25-16-12-11-15-24(25)33-6/h8-16,22,32H,7,17-20H2,1-6H3. The Bertz CT molecular complexity index is 1060. The number of aliphatic hydroxyl groups excluding tert-OH is 1. The number of ether oxygens (including phenoxy) is 3. The van der Waals surface area contributed by atoms with Gasteiger partial charge in [0.1, 0.15) is 5.69 Å². The zero-order valence-electron chi connectivity index (χ0n) is 21.8. The van der Waals surface area contributed by atoms with E-state index in [2.05, 4.69) is 24.0 Å². The molecule has 0 aliphatic rings. The van der Waals surface area contributed by atoms with Crippen molar-refractivity contribution in [3.8, 4) is 28.6 Å². The quantitative estimate of drug-likeness (QED) is 0.380. The van der Waals surface area contributed by atoms with Crippen LogP contribution in [-0.2, 0) is 18.3 Å². The van der Waals surface area contributed by atoms with Crippen molar-refractivity contribution in [2.24, 2.45) is 7.05 Å². The molecule has 0 bridgehead atoms. The summed E-state index contributed by atoms with van der Waals surface area (Å²) in [4.78, 5) is 2.23. The number of para-hydroxylation sites is 2. The first-order chi connectivity index (χ1) is 16.7. The van der Waals surface area contributed by atoms with Crippen LogP contribution in [0.4, 0.5) is 0 Å². The lowest BCUT2D eigenvalue weighted by molar-refractivity contribution is -0.0566. The summed E-state index contributed by atoms with van der Waals surface area (Å²) < 4.78 is 19.5. The van der Waals surface area contributed by atoms with Crippen molar-refractivity contribution in [3.63, 3.8) is 0 Å². The van der Waals surface area contributed by atoms with Crippen LogP contribution >= 0.6 is 0 Å². The van der Waals surface area contributed by atoms with Crippen LogP contribution in [0.3, 0.4) is 0 Å². The fourth-order valence-electron chi connectivity index (χ4n) is 3.93. The second-order valence-electron chi connectivity index (χ2n) is 9.69. The molecule has 1 N–H and O–H groups in total. The molecule has 0 amide bonds. The van der Waals surface area contributed by atoms with Gasteiger partial charge in [-0.1, -0.05) is 49.4 Å². The van der Waals surface area contributed by atoms with Crippen LogP contribution in [-0.4, -0.2) is 58.3 Å². The zero-order valence-corrected chi connectivity index (χ0v) is 21.8. The summed E-state index contributed by atoms with van der Waals surface area (Å²) in [5.41, 5.74) is 2.54. The Morgan fingerprint density at radius 2 is 1.69 bits per heavy atom. The minimum absolute atomic E-state index is 0.285. The summed E-state index contributed by atoms with van der Waals surface area (Å²) in [6.07, 6.45) is 0.354. The van der Waals surface area contributed by atoms with E-state index in [4.69, 9.17) is 19.3 Å². The number of hydrogen-bond donors (Lipinski definition) is 1. The van der Waals surface area contributed by atoms with Gasteiger partial charge in [-0.25, -0.2) is 4.68 Å². The van der Waals surface area contributed by atoms with Gasteiger partial charge in [0.25, 0.3) is 0 Å². The molecule has 7 heteroatoms. The van der Waals surface area contributed by atoms with Crippen LogP contribution in [0, 0.1) is 0 Å². The van der Waals surface area contributed by atoms with E-state index in [0.717, 1.165) is 29.8 Å². The van der Waals surface area contributed by atoms with Gasteiger partial charge >= 0.3 is 0 Å². The van der Waals surface area contributed by atoms with Crippen LogP contribution in [0.5, 0.6) is 17.4 Å². The second-order valence-corrected chi connectivity index (χ2v) is 9.69. The molecule has 1 aromatic heterocycles. The molecule has 2 aromatic carbocycles.